The molecule has 2 unspecified atom stereocenters. The fourth-order valence-electron chi connectivity index (χ4n) is 2.63. The van der Waals surface area contributed by atoms with E-state index in [1.807, 2.05) is 6.07 Å². The zero-order chi connectivity index (χ0) is 11.8. The average Bonchev–Trinajstić information content (AvgIpc) is 2.26. The number of benzene rings is 1. The molecule has 1 aliphatic heterocycles. The summed E-state index contributed by atoms with van der Waals surface area (Å²) in [5, 5.41) is 14.2. The smallest absolute Gasteiger partial charge is 0.0948 e. The highest BCUT2D eigenvalue weighted by Crippen LogP contribution is 2.37. The molecule has 0 bridgehead atoms. The molecule has 2 nitrogen and oxygen atoms in total. The van der Waals surface area contributed by atoms with Crippen LogP contribution in [0.2, 0.25) is 0 Å². The van der Waals surface area contributed by atoms with Gasteiger partial charge in [-0.2, -0.15) is 0 Å². The van der Waals surface area contributed by atoms with Gasteiger partial charge in [0, 0.05) is 12.5 Å². The summed E-state index contributed by atoms with van der Waals surface area (Å²) in [5.41, 5.74) is 2.96. The number of aliphatic hydroxyl groups is 1. The fraction of sp³-hybridized carbons (Fsp3) is 0.571. The minimum absolute atomic E-state index is 0.266. The molecule has 16 heavy (non-hydrogen) atoms. The molecule has 1 saturated heterocycles. The van der Waals surface area contributed by atoms with Crippen molar-refractivity contribution in [2.45, 2.75) is 32.8 Å². The van der Waals surface area contributed by atoms with Gasteiger partial charge in [-0.05, 0) is 43.5 Å². The zero-order valence-electron chi connectivity index (χ0n) is 10.4. The third-order valence-electron chi connectivity index (χ3n) is 4.02. The van der Waals surface area contributed by atoms with Crippen LogP contribution in [0.1, 0.15) is 30.0 Å². The van der Waals surface area contributed by atoms with E-state index in [9.17, 15) is 5.11 Å². The molecule has 0 radical (unpaired) electrons. The van der Waals surface area contributed by atoms with Gasteiger partial charge >= 0.3 is 0 Å². The Morgan fingerprint density at radius 1 is 1.38 bits per heavy atom. The van der Waals surface area contributed by atoms with Gasteiger partial charge in [-0.25, -0.2) is 0 Å². The summed E-state index contributed by atoms with van der Waals surface area (Å²) in [6.45, 7) is 8.12. The topological polar surface area (TPSA) is 32.3 Å². The van der Waals surface area contributed by atoms with E-state index in [1.54, 1.807) is 0 Å². The highest BCUT2D eigenvalue weighted by molar-refractivity contribution is 5.38. The largest absolute Gasteiger partial charge is 0.385 e. The molecule has 88 valence electrons. The molecular formula is C14H21NO. The van der Waals surface area contributed by atoms with Crippen molar-refractivity contribution in [3.63, 3.8) is 0 Å². The maximum Gasteiger partial charge on any atom is 0.0948 e. The van der Waals surface area contributed by atoms with Crippen LogP contribution in [0.4, 0.5) is 0 Å². The number of hydrogen-bond donors (Lipinski definition) is 2. The van der Waals surface area contributed by atoms with Gasteiger partial charge < -0.3 is 10.4 Å². The molecule has 0 spiro atoms. The lowest BCUT2D eigenvalue weighted by Gasteiger charge is -2.40. The summed E-state index contributed by atoms with van der Waals surface area (Å²) >= 11 is 0. The first-order valence-corrected chi connectivity index (χ1v) is 6.05. The lowest BCUT2D eigenvalue weighted by atomic mass is 9.75. The van der Waals surface area contributed by atoms with Crippen LogP contribution in [0.3, 0.4) is 0 Å². The highest BCUT2D eigenvalue weighted by atomic mass is 16.3. The Labute approximate surface area is 97.7 Å². The van der Waals surface area contributed by atoms with Gasteiger partial charge in [0.2, 0.25) is 0 Å². The third-order valence-corrected chi connectivity index (χ3v) is 4.02. The van der Waals surface area contributed by atoms with Gasteiger partial charge in [-0.3, -0.25) is 0 Å². The predicted molar refractivity (Wildman–Crippen MR) is 66.5 cm³/mol. The molecule has 1 fully saturated rings. The highest BCUT2D eigenvalue weighted by Gasteiger charge is 2.38. The zero-order valence-corrected chi connectivity index (χ0v) is 10.4. The molecule has 2 atom stereocenters. The lowest BCUT2D eigenvalue weighted by molar-refractivity contribution is -0.0397. The molecule has 1 aromatic rings. The van der Waals surface area contributed by atoms with Crippen molar-refractivity contribution in [3.05, 3.63) is 34.9 Å². The van der Waals surface area contributed by atoms with Gasteiger partial charge in [0.1, 0.15) is 0 Å². The van der Waals surface area contributed by atoms with E-state index >= 15 is 0 Å². The molecule has 0 aliphatic carbocycles. The molecule has 0 aromatic heterocycles. The second-order valence-corrected chi connectivity index (χ2v) is 5.03. The van der Waals surface area contributed by atoms with E-state index in [4.69, 9.17) is 0 Å². The first-order valence-electron chi connectivity index (χ1n) is 6.05. The van der Waals surface area contributed by atoms with Crippen LogP contribution in [0.25, 0.3) is 0 Å². The van der Waals surface area contributed by atoms with Crippen LogP contribution in [-0.4, -0.2) is 18.2 Å². The van der Waals surface area contributed by atoms with Gasteiger partial charge in [-0.15, -0.1) is 0 Å². The summed E-state index contributed by atoms with van der Waals surface area (Å²) in [5.74, 6) is 0.266. The van der Waals surface area contributed by atoms with Crippen molar-refractivity contribution < 1.29 is 5.11 Å². The number of aryl methyl sites for hydroxylation is 1. The normalized spacial score (nSPS) is 30.4. The van der Waals surface area contributed by atoms with Crippen LogP contribution in [-0.2, 0) is 5.60 Å². The summed E-state index contributed by atoms with van der Waals surface area (Å²) in [6, 6.07) is 6.22. The number of piperidine rings is 1. The van der Waals surface area contributed by atoms with Gasteiger partial charge in [-0.1, -0.05) is 25.1 Å². The Balaban J connectivity index is 2.45. The van der Waals surface area contributed by atoms with Crippen LogP contribution >= 0.6 is 0 Å². The van der Waals surface area contributed by atoms with E-state index in [-0.39, 0.29) is 5.92 Å². The van der Waals surface area contributed by atoms with Crippen molar-refractivity contribution in [1.82, 2.24) is 5.32 Å². The van der Waals surface area contributed by atoms with Crippen molar-refractivity contribution in [2.75, 3.05) is 13.1 Å². The minimum Gasteiger partial charge on any atom is -0.385 e. The van der Waals surface area contributed by atoms with Crippen LogP contribution < -0.4 is 5.32 Å². The second kappa shape index (κ2) is 4.19. The lowest BCUT2D eigenvalue weighted by Crippen LogP contribution is -2.47. The van der Waals surface area contributed by atoms with Crippen molar-refractivity contribution in [3.8, 4) is 0 Å². The molecule has 0 saturated carbocycles. The van der Waals surface area contributed by atoms with E-state index in [2.05, 4.69) is 38.2 Å². The molecule has 1 aliphatic rings. The monoisotopic (exact) mass is 219 g/mol. The average molecular weight is 219 g/mol. The van der Waals surface area contributed by atoms with Gasteiger partial charge in [0.05, 0.1) is 5.60 Å². The Morgan fingerprint density at radius 3 is 2.81 bits per heavy atom. The Kier molecular flexibility index (Phi) is 3.04. The summed E-state index contributed by atoms with van der Waals surface area (Å²) in [7, 11) is 0. The second-order valence-electron chi connectivity index (χ2n) is 5.03. The Bertz CT molecular complexity index is 388. The number of hydrogen-bond acceptors (Lipinski definition) is 2. The van der Waals surface area contributed by atoms with Crippen LogP contribution in [0, 0.1) is 19.8 Å². The van der Waals surface area contributed by atoms with Gasteiger partial charge in [0.25, 0.3) is 0 Å². The summed E-state index contributed by atoms with van der Waals surface area (Å²) in [6.07, 6.45) is 0.804. The molecule has 2 N–H and O–H groups in total. The Hall–Kier alpha value is -0.860. The molecule has 1 heterocycles. The molecule has 2 rings (SSSR count). The fourth-order valence-corrected chi connectivity index (χ4v) is 2.63. The molecule has 2 heteroatoms. The predicted octanol–water partition coefficient (Wildman–Crippen LogP) is 2.12. The van der Waals surface area contributed by atoms with Gasteiger partial charge in [0.15, 0.2) is 0 Å². The minimum atomic E-state index is -0.651. The molecule has 1 aromatic carbocycles. The summed E-state index contributed by atoms with van der Waals surface area (Å²) < 4.78 is 0. The van der Waals surface area contributed by atoms with E-state index in [1.165, 1.54) is 11.1 Å². The standard InChI is InChI=1S/C14H21NO/c1-10-5-4-6-13(12(10)3)14(16)7-8-15-9-11(14)2/h4-6,11,15-16H,7-9H2,1-3H3. The van der Waals surface area contributed by atoms with Crippen LogP contribution in [0.15, 0.2) is 18.2 Å². The summed E-state index contributed by atoms with van der Waals surface area (Å²) in [4.78, 5) is 0. The van der Waals surface area contributed by atoms with E-state index < -0.39 is 5.60 Å². The van der Waals surface area contributed by atoms with Crippen molar-refractivity contribution in [2.24, 2.45) is 5.92 Å². The number of nitrogens with one attached hydrogen (secondary N) is 1. The first-order chi connectivity index (χ1) is 7.55. The third kappa shape index (κ3) is 1.76. The van der Waals surface area contributed by atoms with Crippen LogP contribution in [0.5, 0.6) is 0 Å². The number of rotatable bonds is 1. The Morgan fingerprint density at radius 2 is 2.12 bits per heavy atom. The molecule has 0 amide bonds. The van der Waals surface area contributed by atoms with E-state index in [0.717, 1.165) is 25.1 Å². The molecular weight excluding hydrogens is 198 g/mol. The quantitative estimate of drug-likeness (QED) is 0.758. The van der Waals surface area contributed by atoms with Crippen molar-refractivity contribution >= 4 is 0 Å². The van der Waals surface area contributed by atoms with E-state index in [0.29, 0.717) is 0 Å². The van der Waals surface area contributed by atoms with Crippen molar-refractivity contribution in [1.29, 1.82) is 0 Å². The maximum absolute atomic E-state index is 10.9. The SMILES string of the molecule is Cc1cccc(C2(O)CCNCC2C)c1C. The first kappa shape index (κ1) is 11.6. The maximum atomic E-state index is 10.9.